The lowest BCUT2D eigenvalue weighted by Crippen LogP contribution is -2.67. The number of rotatable bonds is 15. The Morgan fingerprint density at radius 3 is 1.77 bits per heavy atom. The van der Waals surface area contributed by atoms with E-state index in [0.29, 0.717) is 24.8 Å². The van der Waals surface area contributed by atoms with Crippen LogP contribution in [0.15, 0.2) is 91.0 Å². The van der Waals surface area contributed by atoms with Gasteiger partial charge in [-0.2, -0.15) is 13.2 Å². The van der Waals surface area contributed by atoms with Crippen LogP contribution < -0.4 is 10.4 Å². The molecular formula is C35H45F3O4Si. The zero-order chi connectivity index (χ0) is 31.6. The molecule has 8 heteroatoms. The van der Waals surface area contributed by atoms with Crippen molar-refractivity contribution in [3.8, 4) is 0 Å². The fraction of sp³-hybridized carbons (Fsp3) is 0.457. The van der Waals surface area contributed by atoms with Crippen LogP contribution >= 0.6 is 0 Å². The first-order valence-corrected chi connectivity index (χ1v) is 17.0. The van der Waals surface area contributed by atoms with Gasteiger partial charge in [0.05, 0.1) is 13.2 Å². The van der Waals surface area contributed by atoms with Gasteiger partial charge in [-0.25, -0.2) is 4.79 Å². The molecule has 0 unspecified atom stereocenters. The highest BCUT2D eigenvalue weighted by atomic mass is 28.4. The SMILES string of the molecule is CCOC(=O)[C@@](CCCCC[C@H](C)O[Si](c1ccccc1)(c1ccccc1)C(C)(C)C)(OCc1ccccc1)C(F)(F)F. The smallest absolute Gasteiger partial charge is 0.428 e. The van der Waals surface area contributed by atoms with Gasteiger partial charge < -0.3 is 13.9 Å². The van der Waals surface area contributed by atoms with Crippen molar-refractivity contribution in [1.82, 2.24) is 0 Å². The minimum Gasteiger partial charge on any atom is -0.464 e. The van der Waals surface area contributed by atoms with Crippen LogP contribution in [0.25, 0.3) is 0 Å². The molecule has 4 nitrogen and oxygen atoms in total. The zero-order valence-electron chi connectivity index (χ0n) is 26.0. The normalized spacial score (nSPS) is 14.6. The summed E-state index contributed by atoms with van der Waals surface area (Å²) in [5.74, 6) is -1.39. The number of alkyl halides is 3. The van der Waals surface area contributed by atoms with E-state index in [0.717, 1.165) is 0 Å². The molecule has 0 saturated carbocycles. The van der Waals surface area contributed by atoms with Crippen molar-refractivity contribution >= 4 is 24.7 Å². The van der Waals surface area contributed by atoms with Crippen LogP contribution in [0.4, 0.5) is 13.2 Å². The molecule has 0 aromatic heterocycles. The van der Waals surface area contributed by atoms with E-state index in [1.165, 1.54) is 17.3 Å². The lowest BCUT2D eigenvalue weighted by atomic mass is 9.94. The number of halogens is 3. The predicted molar refractivity (Wildman–Crippen MR) is 168 cm³/mol. The maximum atomic E-state index is 14.5. The topological polar surface area (TPSA) is 44.8 Å². The second kappa shape index (κ2) is 15.2. The standard InChI is InChI=1S/C35H45F3O4Si/c1-6-40-32(39)34(35(36,37)38,41-27-29-20-12-7-13-21-29)26-18-10-11-19-28(2)42-43(33(3,4)5,30-22-14-8-15-23-30)31-24-16-9-17-25-31/h7-9,12-17,20-25,28H,6,10-11,18-19,26-27H2,1-5H3/t28-,34+/m0/s1. The van der Waals surface area contributed by atoms with Crippen molar-refractivity contribution in [1.29, 1.82) is 0 Å². The van der Waals surface area contributed by atoms with Gasteiger partial charge in [-0.05, 0) is 54.1 Å². The van der Waals surface area contributed by atoms with Crippen molar-refractivity contribution in [2.45, 2.75) is 96.2 Å². The summed E-state index contributed by atoms with van der Waals surface area (Å²) in [6.07, 6.45) is -3.60. The Hall–Kier alpha value is -2.94. The van der Waals surface area contributed by atoms with Crippen LogP contribution in [0.1, 0.15) is 72.3 Å². The number of carbonyl (C=O) groups is 1. The van der Waals surface area contributed by atoms with E-state index in [2.05, 4.69) is 45.0 Å². The molecule has 234 valence electrons. The van der Waals surface area contributed by atoms with Gasteiger partial charge in [0.1, 0.15) is 0 Å². The third-order valence-corrected chi connectivity index (χ3v) is 13.0. The first-order valence-electron chi connectivity index (χ1n) is 15.1. The third-order valence-electron chi connectivity index (χ3n) is 7.83. The Kier molecular flexibility index (Phi) is 12.2. The second-order valence-electron chi connectivity index (χ2n) is 12.0. The number of benzene rings is 3. The fourth-order valence-electron chi connectivity index (χ4n) is 5.64. The first-order chi connectivity index (χ1) is 20.4. The van der Waals surface area contributed by atoms with Gasteiger partial charge in [0.25, 0.3) is 13.9 Å². The number of hydrogen-bond donors (Lipinski definition) is 0. The lowest BCUT2D eigenvalue weighted by molar-refractivity contribution is -0.283. The van der Waals surface area contributed by atoms with E-state index in [9.17, 15) is 18.0 Å². The summed E-state index contributed by atoms with van der Waals surface area (Å²) in [6, 6.07) is 29.2. The molecule has 0 bridgehead atoms. The number of ether oxygens (including phenoxy) is 2. The van der Waals surface area contributed by atoms with Gasteiger partial charge >= 0.3 is 12.1 Å². The van der Waals surface area contributed by atoms with Crippen molar-refractivity contribution < 1.29 is 31.9 Å². The summed E-state index contributed by atoms with van der Waals surface area (Å²) in [5, 5.41) is 2.19. The first kappa shape index (κ1) is 34.5. The number of hydrogen-bond acceptors (Lipinski definition) is 4. The van der Waals surface area contributed by atoms with Crippen LogP contribution in [0, 0.1) is 0 Å². The summed E-state index contributed by atoms with van der Waals surface area (Å²) in [7, 11) is -2.73. The number of unbranched alkanes of at least 4 members (excludes halogenated alkanes) is 2. The highest BCUT2D eigenvalue weighted by Crippen LogP contribution is 2.41. The largest absolute Gasteiger partial charge is 0.464 e. The van der Waals surface area contributed by atoms with E-state index < -0.39 is 32.5 Å². The highest BCUT2D eigenvalue weighted by molar-refractivity contribution is 6.99. The number of carbonyl (C=O) groups excluding carboxylic acids is 1. The van der Waals surface area contributed by atoms with Gasteiger partial charge in [-0.1, -0.05) is 125 Å². The quantitative estimate of drug-likeness (QED) is 0.0989. The van der Waals surface area contributed by atoms with Crippen molar-refractivity contribution in [3.05, 3.63) is 96.6 Å². The average molecular weight is 615 g/mol. The predicted octanol–water partition coefficient (Wildman–Crippen LogP) is 7.98. The Labute approximate surface area is 255 Å². The molecule has 3 aromatic carbocycles. The van der Waals surface area contributed by atoms with E-state index in [4.69, 9.17) is 13.9 Å². The van der Waals surface area contributed by atoms with E-state index in [-0.39, 0.29) is 30.8 Å². The molecule has 0 saturated heterocycles. The zero-order valence-corrected chi connectivity index (χ0v) is 27.0. The number of esters is 1. The Bertz CT molecular complexity index is 1210. The molecule has 0 spiro atoms. The lowest BCUT2D eigenvalue weighted by Gasteiger charge is -2.44. The van der Waals surface area contributed by atoms with E-state index >= 15 is 0 Å². The molecule has 0 N–H and O–H groups in total. The average Bonchev–Trinajstić information content (AvgIpc) is 2.97. The van der Waals surface area contributed by atoms with Gasteiger partial charge in [-0.15, -0.1) is 0 Å². The monoisotopic (exact) mass is 614 g/mol. The molecule has 0 amide bonds. The van der Waals surface area contributed by atoms with Crippen LogP contribution in [0.5, 0.6) is 0 Å². The van der Waals surface area contributed by atoms with Gasteiger partial charge in [0.2, 0.25) is 0 Å². The molecule has 0 radical (unpaired) electrons. The van der Waals surface area contributed by atoms with Crippen LogP contribution in [0.3, 0.4) is 0 Å². The summed E-state index contributed by atoms with van der Waals surface area (Å²) in [5.41, 5.74) is -2.47. The molecule has 0 aliphatic rings. The third kappa shape index (κ3) is 8.37. The molecule has 2 atom stereocenters. The molecule has 3 rings (SSSR count). The van der Waals surface area contributed by atoms with Gasteiger partial charge in [-0.3, -0.25) is 0 Å². The Morgan fingerprint density at radius 2 is 1.30 bits per heavy atom. The van der Waals surface area contributed by atoms with E-state index in [1.54, 1.807) is 30.3 Å². The maximum absolute atomic E-state index is 14.5. The molecule has 0 fully saturated rings. The molecular weight excluding hydrogens is 569 g/mol. The molecule has 0 aliphatic heterocycles. The fourth-order valence-corrected chi connectivity index (χ4v) is 10.4. The molecule has 43 heavy (non-hydrogen) atoms. The second-order valence-corrected chi connectivity index (χ2v) is 16.3. The van der Waals surface area contributed by atoms with E-state index in [1.807, 2.05) is 43.3 Å². The molecule has 0 aliphatic carbocycles. The summed E-state index contributed by atoms with van der Waals surface area (Å²) in [4.78, 5) is 12.7. The van der Waals surface area contributed by atoms with Crippen molar-refractivity contribution in [3.63, 3.8) is 0 Å². The van der Waals surface area contributed by atoms with Crippen molar-refractivity contribution in [2.75, 3.05) is 6.61 Å². The minimum absolute atomic E-state index is 0.127. The maximum Gasteiger partial charge on any atom is 0.428 e. The Morgan fingerprint density at radius 1 is 0.791 bits per heavy atom. The van der Waals surface area contributed by atoms with Gasteiger partial charge in [0, 0.05) is 6.10 Å². The van der Waals surface area contributed by atoms with Crippen LogP contribution in [-0.4, -0.2) is 38.8 Å². The minimum atomic E-state index is -4.92. The summed E-state index contributed by atoms with van der Waals surface area (Å²) in [6.45, 7) is 9.67. The highest BCUT2D eigenvalue weighted by Gasteiger charge is 2.62. The van der Waals surface area contributed by atoms with Crippen molar-refractivity contribution in [2.24, 2.45) is 0 Å². The summed E-state index contributed by atoms with van der Waals surface area (Å²) >= 11 is 0. The summed E-state index contributed by atoms with van der Waals surface area (Å²) < 4.78 is 60.8. The Balaban J connectivity index is 1.72. The molecule has 0 heterocycles. The molecule has 3 aromatic rings. The van der Waals surface area contributed by atoms with Crippen LogP contribution in [-0.2, 0) is 25.3 Å². The van der Waals surface area contributed by atoms with Gasteiger partial charge in [0.15, 0.2) is 0 Å². The van der Waals surface area contributed by atoms with Crippen LogP contribution in [0.2, 0.25) is 5.04 Å².